The van der Waals surface area contributed by atoms with Crippen LogP contribution in [0.5, 0.6) is 0 Å². The SMILES string of the molecule is CC(C)(C)OC(=O)N1CC[C@H]2[C@@H](C1)C[C@]13C(=O)C=CC[C@H]1C[C@H](O[Si](C)(C)C(C)(C)C)[C@H]23. The van der Waals surface area contributed by atoms with Crippen molar-refractivity contribution >= 4 is 20.2 Å². The second-order valence-electron chi connectivity index (χ2n) is 13.3. The highest BCUT2D eigenvalue weighted by molar-refractivity contribution is 6.74. The third-order valence-corrected chi connectivity index (χ3v) is 13.7. The Morgan fingerprint density at radius 1 is 1.19 bits per heavy atom. The third-order valence-electron chi connectivity index (χ3n) is 9.15. The van der Waals surface area contributed by atoms with Crippen molar-refractivity contribution in [1.82, 2.24) is 4.90 Å². The van der Waals surface area contributed by atoms with Gasteiger partial charge in [0.2, 0.25) is 0 Å². The van der Waals surface area contributed by atoms with Crippen molar-refractivity contribution in [1.29, 1.82) is 0 Å². The van der Waals surface area contributed by atoms with Gasteiger partial charge in [-0.25, -0.2) is 4.79 Å². The molecule has 1 heterocycles. The van der Waals surface area contributed by atoms with Gasteiger partial charge in [-0.2, -0.15) is 0 Å². The van der Waals surface area contributed by atoms with Crippen molar-refractivity contribution in [2.45, 2.75) is 97.1 Å². The monoisotopic (exact) mass is 461 g/mol. The van der Waals surface area contributed by atoms with E-state index in [4.69, 9.17) is 9.16 Å². The van der Waals surface area contributed by atoms with Crippen LogP contribution in [0.3, 0.4) is 0 Å². The lowest BCUT2D eigenvalue weighted by Crippen LogP contribution is -2.49. The fraction of sp³-hybridized carbons (Fsp3) is 0.846. The Morgan fingerprint density at radius 3 is 2.50 bits per heavy atom. The van der Waals surface area contributed by atoms with Crippen LogP contribution in [0.15, 0.2) is 12.2 Å². The summed E-state index contributed by atoms with van der Waals surface area (Å²) in [6, 6.07) is 0. The Bertz CT molecular complexity index is 808. The molecule has 3 aliphatic carbocycles. The summed E-state index contributed by atoms with van der Waals surface area (Å²) in [6.45, 7) is 18.7. The van der Waals surface area contributed by atoms with Gasteiger partial charge in [0.05, 0.1) is 0 Å². The minimum atomic E-state index is -1.95. The fourth-order valence-corrected chi connectivity index (χ4v) is 8.16. The van der Waals surface area contributed by atoms with Gasteiger partial charge in [-0.1, -0.05) is 26.8 Å². The van der Waals surface area contributed by atoms with Gasteiger partial charge in [0.15, 0.2) is 14.1 Å². The summed E-state index contributed by atoms with van der Waals surface area (Å²) in [4.78, 5) is 28.1. The van der Waals surface area contributed by atoms with Crippen LogP contribution in [0.2, 0.25) is 18.1 Å². The molecule has 6 atom stereocenters. The van der Waals surface area contributed by atoms with Gasteiger partial charge in [-0.3, -0.25) is 4.79 Å². The number of piperidine rings is 1. The Labute approximate surface area is 195 Å². The quantitative estimate of drug-likeness (QED) is 0.487. The Morgan fingerprint density at radius 2 is 1.88 bits per heavy atom. The van der Waals surface area contributed by atoms with Crippen LogP contribution in [0.4, 0.5) is 4.79 Å². The molecule has 0 aromatic carbocycles. The Kier molecular flexibility index (Phi) is 5.77. The molecule has 0 aromatic heterocycles. The van der Waals surface area contributed by atoms with Crippen molar-refractivity contribution in [2.75, 3.05) is 13.1 Å². The van der Waals surface area contributed by atoms with Crippen LogP contribution in [0.25, 0.3) is 0 Å². The van der Waals surface area contributed by atoms with E-state index in [9.17, 15) is 9.59 Å². The first kappa shape index (κ1) is 24.0. The fourth-order valence-electron chi connectivity index (χ4n) is 6.81. The molecule has 3 fully saturated rings. The summed E-state index contributed by atoms with van der Waals surface area (Å²) >= 11 is 0. The molecule has 0 radical (unpaired) electrons. The Balaban J connectivity index is 1.61. The maximum absolute atomic E-state index is 13.5. The van der Waals surface area contributed by atoms with Crippen molar-refractivity contribution in [3.8, 4) is 0 Å². The highest BCUT2D eigenvalue weighted by Crippen LogP contribution is 2.66. The summed E-state index contributed by atoms with van der Waals surface area (Å²) in [5.74, 6) is 1.78. The number of likely N-dealkylation sites (tertiary alicyclic amines) is 1. The second kappa shape index (κ2) is 7.69. The summed E-state index contributed by atoms with van der Waals surface area (Å²) in [6.07, 6.45) is 7.70. The summed E-state index contributed by atoms with van der Waals surface area (Å²) < 4.78 is 12.7. The zero-order valence-corrected chi connectivity index (χ0v) is 22.4. The smallest absolute Gasteiger partial charge is 0.410 e. The first-order valence-electron chi connectivity index (χ1n) is 12.5. The lowest BCUT2D eigenvalue weighted by molar-refractivity contribution is -0.129. The summed E-state index contributed by atoms with van der Waals surface area (Å²) in [5, 5.41) is 0.147. The van der Waals surface area contributed by atoms with Gasteiger partial charge in [-0.05, 0) is 88.4 Å². The van der Waals surface area contributed by atoms with E-state index in [1.807, 2.05) is 31.7 Å². The third kappa shape index (κ3) is 3.89. The second-order valence-corrected chi connectivity index (χ2v) is 18.0. The molecular formula is C26H43NO4Si. The number of allylic oxidation sites excluding steroid dienone is 2. The molecule has 4 rings (SSSR count). The van der Waals surface area contributed by atoms with Gasteiger partial charge in [0.25, 0.3) is 0 Å². The van der Waals surface area contributed by atoms with E-state index in [0.29, 0.717) is 36.6 Å². The first-order valence-corrected chi connectivity index (χ1v) is 15.4. The predicted molar refractivity (Wildman–Crippen MR) is 129 cm³/mol. The molecule has 1 spiro atoms. The lowest BCUT2D eigenvalue weighted by Gasteiger charge is -2.43. The molecule has 1 amide bonds. The molecule has 180 valence electrons. The van der Waals surface area contributed by atoms with Crippen LogP contribution >= 0.6 is 0 Å². The molecule has 2 saturated carbocycles. The van der Waals surface area contributed by atoms with E-state index in [2.05, 4.69) is 39.9 Å². The summed E-state index contributed by atoms with van der Waals surface area (Å²) in [5.41, 5.74) is -0.781. The molecule has 5 nitrogen and oxygen atoms in total. The number of fused-ring (bicyclic) bond motifs is 2. The van der Waals surface area contributed by atoms with Crippen LogP contribution in [-0.2, 0) is 14.0 Å². The highest BCUT2D eigenvalue weighted by Gasteiger charge is 2.68. The first-order chi connectivity index (χ1) is 14.7. The molecule has 4 aliphatic rings. The van der Waals surface area contributed by atoms with Crippen LogP contribution in [0, 0.1) is 29.1 Å². The van der Waals surface area contributed by atoms with Crippen molar-refractivity contribution < 1.29 is 18.8 Å². The number of carbonyl (C=O) groups excluding carboxylic acids is 2. The average Bonchev–Trinajstić information content (AvgIpc) is 3.12. The largest absolute Gasteiger partial charge is 0.444 e. The zero-order chi connectivity index (χ0) is 23.7. The Hall–Kier alpha value is -1.14. The van der Waals surface area contributed by atoms with E-state index >= 15 is 0 Å². The lowest BCUT2D eigenvalue weighted by atomic mass is 9.65. The molecule has 0 aromatic rings. The van der Waals surface area contributed by atoms with Crippen molar-refractivity contribution in [3.63, 3.8) is 0 Å². The normalized spacial score (nSPS) is 37.2. The molecule has 0 unspecified atom stereocenters. The number of hydrogen-bond donors (Lipinski definition) is 0. The number of rotatable bonds is 2. The van der Waals surface area contributed by atoms with Crippen molar-refractivity contribution in [3.05, 3.63) is 12.2 Å². The number of carbonyl (C=O) groups is 2. The minimum Gasteiger partial charge on any atom is -0.444 e. The maximum Gasteiger partial charge on any atom is 0.410 e. The average molecular weight is 462 g/mol. The number of ether oxygens (including phenoxy) is 1. The van der Waals surface area contributed by atoms with E-state index in [1.54, 1.807) is 0 Å². The van der Waals surface area contributed by atoms with Gasteiger partial charge in [0.1, 0.15) is 5.60 Å². The molecule has 0 N–H and O–H groups in total. The standard InChI is InChI=1S/C26H43NO4Si/c1-24(2,3)30-23(29)27-13-12-19-17(16-27)15-26-18(10-9-11-21(26)28)14-20(22(19)26)31-32(7,8)25(4,5)6/h9,11,17-20,22H,10,12-16H2,1-8H3/t17-,18+,19+,20+,22+,26-/m1/s1. The van der Waals surface area contributed by atoms with Gasteiger partial charge >= 0.3 is 6.09 Å². The number of hydrogen-bond acceptors (Lipinski definition) is 4. The predicted octanol–water partition coefficient (Wildman–Crippen LogP) is 5.81. The number of ketones is 1. The molecule has 32 heavy (non-hydrogen) atoms. The minimum absolute atomic E-state index is 0.147. The zero-order valence-electron chi connectivity index (χ0n) is 21.4. The maximum atomic E-state index is 13.5. The van der Waals surface area contributed by atoms with E-state index in [-0.39, 0.29) is 28.6 Å². The topological polar surface area (TPSA) is 55.8 Å². The summed E-state index contributed by atoms with van der Waals surface area (Å²) in [7, 11) is -1.95. The van der Waals surface area contributed by atoms with E-state index < -0.39 is 13.9 Å². The van der Waals surface area contributed by atoms with E-state index in [0.717, 1.165) is 25.7 Å². The van der Waals surface area contributed by atoms with Gasteiger partial charge in [0, 0.05) is 30.5 Å². The number of amides is 1. The van der Waals surface area contributed by atoms with Gasteiger partial charge in [-0.15, -0.1) is 0 Å². The molecule has 1 aliphatic heterocycles. The molecule has 0 bridgehead atoms. The molecule has 1 saturated heterocycles. The molecular weight excluding hydrogens is 418 g/mol. The van der Waals surface area contributed by atoms with E-state index in [1.165, 1.54) is 0 Å². The van der Waals surface area contributed by atoms with Crippen molar-refractivity contribution in [2.24, 2.45) is 29.1 Å². The van der Waals surface area contributed by atoms with Crippen LogP contribution in [0.1, 0.15) is 67.2 Å². The van der Waals surface area contributed by atoms with Crippen LogP contribution in [-0.4, -0.2) is 49.9 Å². The number of nitrogens with zero attached hydrogens (tertiary/aromatic N) is 1. The van der Waals surface area contributed by atoms with Gasteiger partial charge < -0.3 is 14.1 Å². The van der Waals surface area contributed by atoms with Crippen LogP contribution < -0.4 is 0 Å². The molecule has 6 heteroatoms. The highest BCUT2D eigenvalue weighted by atomic mass is 28.4.